The molecule has 3 rings (SSSR count). The molecule has 0 fully saturated rings. The number of benzene rings is 1. The van der Waals surface area contributed by atoms with Crippen LogP contribution in [0, 0.1) is 0 Å². The summed E-state index contributed by atoms with van der Waals surface area (Å²) in [4.78, 5) is 0.123. The van der Waals surface area contributed by atoms with Crippen molar-refractivity contribution in [1.82, 2.24) is 14.1 Å². The van der Waals surface area contributed by atoms with Gasteiger partial charge < -0.3 is 9.47 Å². The van der Waals surface area contributed by atoms with Crippen LogP contribution in [0.5, 0.6) is 11.5 Å². The zero-order chi connectivity index (χ0) is 17.2. The van der Waals surface area contributed by atoms with Gasteiger partial charge in [-0.25, -0.2) is 12.8 Å². The minimum atomic E-state index is -3.70. The fraction of sp³-hybridized carbons (Fsp3) is 0.400. The van der Waals surface area contributed by atoms with E-state index in [1.807, 2.05) is 0 Å². The number of alkyl halides is 1. The number of nitrogens with zero attached hydrogens (tertiary/aromatic N) is 3. The third kappa shape index (κ3) is 3.36. The van der Waals surface area contributed by atoms with Crippen molar-refractivity contribution in [3.63, 3.8) is 0 Å². The Labute approximate surface area is 139 Å². The molecule has 2 aromatic rings. The number of fused-ring (bicyclic) bond motifs is 1. The summed E-state index contributed by atoms with van der Waals surface area (Å²) in [6.07, 6.45) is 1.62. The van der Waals surface area contributed by atoms with Crippen LogP contribution < -0.4 is 9.47 Å². The first-order chi connectivity index (χ1) is 11.5. The third-order valence-electron chi connectivity index (χ3n) is 3.62. The van der Waals surface area contributed by atoms with Gasteiger partial charge in [0.1, 0.15) is 19.9 Å². The summed E-state index contributed by atoms with van der Waals surface area (Å²) in [5, 5.41) is 4.14. The molecule has 0 unspecified atom stereocenters. The van der Waals surface area contributed by atoms with Crippen LogP contribution in [0.25, 0.3) is 0 Å². The molecule has 9 heteroatoms. The molecule has 0 N–H and O–H groups in total. The highest BCUT2D eigenvalue weighted by atomic mass is 32.2. The van der Waals surface area contributed by atoms with Gasteiger partial charge >= 0.3 is 0 Å². The molecule has 0 radical (unpaired) electrons. The van der Waals surface area contributed by atoms with Gasteiger partial charge in [0.25, 0.3) is 0 Å². The predicted molar refractivity (Wildman–Crippen MR) is 84.3 cm³/mol. The molecule has 0 amide bonds. The van der Waals surface area contributed by atoms with Crippen LogP contribution in [-0.4, -0.2) is 49.4 Å². The standard InChI is InChI=1S/C15H18FN3O4S/c1-18(11-12-4-6-19(17-12)7-5-16)24(20,21)13-2-3-14-15(10-13)23-9-8-22-14/h2-4,6,10H,5,7-9,11H2,1H3. The topological polar surface area (TPSA) is 73.7 Å². The molecular formula is C15H18FN3O4S. The smallest absolute Gasteiger partial charge is 0.243 e. The summed E-state index contributed by atoms with van der Waals surface area (Å²) in [5.41, 5.74) is 0.548. The van der Waals surface area contributed by atoms with Crippen LogP contribution in [-0.2, 0) is 23.1 Å². The number of rotatable bonds is 6. The highest BCUT2D eigenvalue weighted by Crippen LogP contribution is 2.33. The molecule has 0 spiro atoms. The number of aromatic nitrogens is 2. The van der Waals surface area contributed by atoms with Crippen LogP contribution >= 0.6 is 0 Å². The van der Waals surface area contributed by atoms with Crippen molar-refractivity contribution in [3.05, 3.63) is 36.2 Å². The van der Waals surface area contributed by atoms with Crippen molar-refractivity contribution in [3.8, 4) is 11.5 Å². The average molecular weight is 355 g/mol. The summed E-state index contributed by atoms with van der Waals surface area (Å²) in [6, 6.07) is 6.21. The summed E-state index contributed by atoms with van der Waals surface area (Å²) in [7, 11) is -2.23. The monoisotopic (exact) mass is 355 g/mol. The van der Waals surface area contributed by atoms with E-state index in [0.29, 0.717) is 30.4 Å². The van der Waals surface area contributed by atoms with E-state index >= 15 is 0 Å². The molecule has 0 saturated heterocycles. The number of halogens is 1. The lowest BCUT2D eigenvalue weighted by atomic mass is 10.3. The van der Waals surface area contributed by atoms with Crippen LogP contribution in [0.3, 0.4) is 0 Å². The number of hydrogen-bond donors (Lipinski definition) is 0. The van der Waals surface area contributed by atoms with Gasteiger partial charge in [-0.2, -0.15) is 9.40 Å². The second kappa shape index (κ2) is 6.78. The van der Waals surface area contributed by atoms with Crippen molar-refractivity contribution in [2.45, 2.75) is 18.0 Å². The Kier molecular flexibility index (Phi) is 4.72. The van der Waals surface area contributed by atoms with E-state index < -0.39 is 16.7 Å². The first-order valence-corrected chi connectivity index (χ1v) is 8.89. The minimum absolute atomic E-state index is 0.0933. The molecule has 0 atom stereocenters. The Morgan fingerprint density at radius 3 is 2.75 bits per heavy atom. The first-order valence-electron chi connectivity index (χ1n) is 7.45. The van der Waals surface area contributed by atoms with Crippen LogP contribution in [0.2, 0.25) is 0 Å². The zero-order valence-electron chi connectivity index (χ0n) is 13.2. The highest BCUT2D eigenvalue weighted by Gasteiger charge is 2.24. The van der Waals surface area contributed by atoms with Crippen molar-refractivity contribution in [2.24, 2.45) is 0 Å². The average Bonchev–Trinajstić information content (AvgIpc) is 3.01. The molecule has 1 aliphatic heterocycles. The fourth-order valence-electron chi connectivity index (χ4n) is 2.38. The molecule has 0 saturated carbocycles. The molecule has 24 heavy (non-hydrogen) atoms. The summed E-state index contributed by atoms with van der Waals surface area (Å²) in [6.45, 7) is 0.556. The van der Waals surface area contributed by atoms with Gasteiger partial charge in [-0.05, 0) is 18.2 Å². The van der Waals surface area contributed by atoms with E-state index in [1.54, 1.807) is 18.3 Å². The summed E-state index contributed by atoms with van der Waals surface area (Å²) >= 11 is 0. The van der Waals surface area contributed by atoms with E-state index in [4.69, 9.17) is 9.47 Å². The summed E-state index contributed by atoms with van der Waals surface area (Å²) < 4.78 is 51.2. The van der Waals surface area contributed by atoms with Gasteiger partial charge in [-0.15, -0.1) is 0 Å². The first kappa shape index (κ1) is 16.7. The predicted octanol–water partition coefficient (Wildman–Crippen LogP) is 1.44. The molecule has 0 aliphatic carbocycles. The van der Waals surface area contributed by atoms with E-state index in [9.17, 15) is 12.8 Å². The lowest BCUT2D eigenvalue weighted by molar-refractivity contribution is 0.171. The molecule has 1 aromatic heterocycles. The highest BCUT2D eigenvalue weighted by molar-refractivity contribution is 7.89. The Balaban J connectivity index is 1.78. The van der Waals surface area contributed by atoms with Gasteiger partial charge in [0.15, 0.2) is 11.5 Å². The van der Waals surface area contributed by atoms with Gasteiger partial charge in [0.05, 0.1) is 23.7 Å². The molecule has 130 valence electrons. The Morgan fingerprint density at radius 2 is 2.00 bits per heavy atom. The Hall–Kier alpha value is -2.13. The summed E-state index contributed by atoms with van der Waals surface area (Å²) in [5.74, 6) is 0.954. The van der Waals surface area contributed by atoms with Crippen molar-refractivity contribution < 1.29 is 22.3 Å². The second-order valence-electron chi connectivity index (χ2n) is 5.33. The zero-order valence-corrected chi connectivity index (χ0v) is 14.0. The Morgan fingerprint density at radius 1 is 1.25 bits per heavy atom. The van der Waals surface area contributed by atoms with Gasteiger partial charge in [-0.1, -0.05) is 0 Å². The van der Waals surface area contributed by atoms with Crippen molar-refractivity contribution >= 4 is 10.0 Å². The largest absolute Gasteiger partial charge is 0.486 e. The van der Waals surface area contributed by atoms with E-state index in [1.165, 1.54) is 28.2 Å². The van der Waals surface area contributed by atoms with Crippen LogP contribution in [0.4, 0.5) is 4.39 Å². The van der Waals surface area contributed by atoms with E-state index in [2.05, 4.69) is 5.10 Å². The number of hydrogen-bond acceptors (Lipinski definition) is 5. The fourth-order valence-corrected chi connectivity index (χ4v) is 3.53. The molecule has 7 nitrogen and oxygen atoms in total. The lowest BCUT2D eigenvalue weighted by Crippen LogP contribution is -2.27. The maximum atomic E-state index is 12.7. The normalized spacial score (nSPS) is 14.1. The van der Waals surface area contributed by atoms with Gasteiger partial charge in [0, 0.05) is 19.3 Å². The molecule has 0 bridgehead atoms. The number of aryl methyl sites for hydroxylation is 1. The van der Waals surface area contributed by atoms with Crippen molar-refractivity contribution in [2.75, 3.05) is 26.9 Å². The minimum Gasteiger partial charge on any atom is -0.486 e. The van der Waals surface area contributed by atoms with Gasteiger partial charge in [0.2, 0.25) is 10.0 Å². The van der Waals surface area contributed by atoms with Gasteiger partial charge in [-0.3, -0.25) is 4.68 Å². The van der Waals surface area contributed by atoms with E-state index in [0.717, 1.165) is 0 Å². The quantitative estimate of drug-likeness (QED) is 0.784. The van der Waals surface area contributed by atoms with Crippen LogP contribution in [0.15, 0.2) is 35.4 Å². The Bertz CT molecular complexity index is 822. The number of sulfonamides is 1. The number of ether oxygens (including phenoxy) is 2. The molecule has 1 aromatic carbocycles. The van der Waals surface area contributed by atoms with Crippen molar-refractivity contribution in [1.29, 1.82) is 0 Å². The van der Waals surface area contributed by atoms with Crippen LogP contribution in [0.1, 0.15) is 5.69 Å². The molecule has 1 aliphatic rings. The maximum absolute atomic E-state index is 12.7. The SMILES string of the molecule is CN(Cc1ccn(CCF)n1)S(=O)(=O)c1ccc2c(c1)OCCO2. The lowest BCUT2D eigenvalue weighted by Gasteiger charge is -2.20. The third-order valence-corrected chi connectivity index (χ3v) is 5.42. The van der Waals surface area contributed by atoms with E-state index in [-0.39, 0.29) is 18.0 Å². The molecular weight excluding hydrogens is 337 g/mol. The molecule has 2 heterocycles. The maximum Gasteiger partial charge on any atom is 0.243 e. The second-order valence-corrected chi connectivity index (χ2v) is 7.37.